The second-order valence-corrected chi connectivity index (χ2v) is 6.19. The summed E-state index contributed by atoms with van der Waals surface area (Å²) >= 11 is 3.62. The molecular weight excluding hydrogens is 312 g/mol. The number of aryl methyl sites for hydroxylation is 1. The van der Waals surface area contributed by atoms with Gasteiger partial charge in [0, 0.05) is 23.2 Å². The fourth-order valence-corrected chi connectivity index (χ4v) is 3.34. The Labute approximate surface area is 128 Å². The maximum atomic E-state index is 6.07. The third-order valence-electron chi connectivity index (χ3n) is 4.10. The number of fused-ring (bicyclic) bond motifs is 1. The predicted octanol–water partition coefficient (Wildman–Crippen LogP) is 3.82. The Morgan fingerprint density at radius 3 is 2.80 bits per heavy atom. The highest BCUT2D eigenvalue weighted by Gasteiger charge is 2.26. The van der Waals surface area contributed by atoms with Gasteiger partial charge in [-0.3, -0.25) is 0 Å². The van der Waals surface area contributed by atoms with Crippen LogP contribution in [0, 0.1) is 6.92 Å². The fourth-order valence-electron chi connectivity index (χ4n) is 2.95. The molecule has 2 aromatic carbocycles. The van der Waals surface area contributed by atoms with E-state index in [2.05, 4.69) is 70.2 Å². The van der Waals surface area contributed by atoms with Crippen molar-refractivity contribution in [3.8, 4) is 0 Å². The van der Waals surface area contributed by atoms with Gasteiger partial charge < -0.3 is 10.6 Å². The molecule has 1 unspecified atom stereocenters. The molecule has 0 spiro atoms. The normalized spacial score (nSPS) is 15.2. The van der Waals surface area contributed by atoms with E-state index in [-0.39, 0.29) is 6.04 Å². The Hall–Kier alpha value is -1.32. The van der Waals surface area contributed by atoms with Crippen LogP contribution < -0.4 is 10.6 Å². The van der Waals surface area contributed by atoms with E-state index in [1.54, 1.807) is 0 Å². The highest BCUT2D eigenvalue weighted by molar-refractivity contribution is 9.10. The van der Waals surface area contributed by atoms with Crippen LogP contribution in [0.1, 0.15) is 22.7 Å². The van der Waals surface area contributed by atoms with Crippen molar-refractivity contribution in [2.45, 2.75) is 19.4 Å². The topological polar surface area (TPSA) is 29.3 Å². The van der Waals surface area contributed by atoms with Gasteiger partial charge in [-0.2, -0.15) is 0 Å². The van der Waals surface area contributed by atoms with Crippen molar-refractivity contribution in [3.05, 3.63) is 63.6 Å². The van der Waals surface area contributed by atoms with Gasteiger partial charge in [-0.05, 0) is 42.2 Å². The third-order valence-corrected chi connectivity index (χ3v) is 4.96. The standard InChI is InChI=1S/C17H19BrN2/c1-12-6-7-14(10-15(12)18)17(11-19)20-9-8-13-4-2-3-5-16(13)20/h2-7,10,17H,8-9,11,19H2,1H3. The molecule has 0 radical (unpaired) electrons. The lowest BCUT2D eigenvalue weighted by Crippen LogP contribution is -2.32. The van der Waals surface area contributed by atoms with Crippen molar-refractivity contribution >= 4 is 21.6 Å². The molecule has 0 aliphatic carbocycles. The lowest BCUT2D eigenvalue weighted by Gasteiger charge is -2.30. The number of anilines is 1. The molecule has 1 aliphatic heterocycles. The minimum absolute atomic E-state index is 0.246. The molecule has 3 heteroatoms. The Kier molecular flexibility index (Phi) is 3.81. The summed E-state index contributed by atoms with van der Waals surface area (Å²) in [6.07, 6.45) is 1.11. The van der Waals surface area contributed by atoms with Gasteiger partial charge in [0.25, 0.3) is 0 Å². The zero-order valence-corrected chi connectivity index (χ0v) is 13.2. The molecule has 0 fully saturated rings. The van der Waals surface area contributed by atoms with E-state index in [9.17, 15) is 0 Å². The van der Waals surface area contributed by atoms with Gasteiger partial charge in [-0.15, -0.1) is 0 Å². The Morgan fingerprint density at radius 2 is 2.05 bits per heavy atom. The lowest BCUT2D eigenvalue weighted by molar-refractivity contribution is 0.648. The number of hydrogen-bond donors (Lipinski definition) is 1. The van der Waals surface area contributed by atoms with E-state index in [1.807, 2.05) is 0 Å². The van der Waals surface area contributed by atoms with Crippen molar-refractivity contribution in [1.82, 2.24) is 0 Å². The average molecular weight is 331 g/mol. The number of halogens is 1. The van der Waals surface area contributed by atoms with E-state index >= 15 is 0 Å². The molecule has 2 aromatic rings. The van der Waals surface area contributed by atoms with Crippen LogP contribution >= 0.6 is 15.9 Å². The zero-order chi connectivity index (χ0) is 14.1. The molecule has 104 valence electrons. The summed E-state index contributed by atoms with van der Waals surface area (Å²) in [6.45, 7) is 3.78. The summed E-state index contributed by atoms with van der Waals surface area (Å²) < 4.78 is 1.15. The summed E-state index contributed by atoms with van der Waals surface area (Å²) in [5.41, 5.74) is 11.4. The molecule has 1 atom stereocenters. The van der Waals surface area contributed by atoms with E-state index in [0.29, 0.717) is 6.54 Å². The first kappa shape index (κ1) is 13.7. The molecule has 0 amide bonds. The van der Waals surface area contributed by atoms with Gasteiger partial charge in [0.2, 0.25) is 0 Å². The number of para-hydroxylation sites is 1. The van der Waals surface area contributed by atoms with E-state index in [1.165, 1.54) is 22.4 Å². The summed E-state index contributed by atoms with van der Waals surface area (Å²) in [5, 5.41) is 0. The molecule has 0 bridgehead atoms. The van der Waals surface area contributed by atoms with Gasteiger partial charge in [0.05, 0.1) is 6.04 Å². The summed E-state index contributed by atoms with van der Waals surface area (Å²) in [5.74, 6) is 0. The maximum absolute atomic E-state index is 6.07. The van der Waals surface area contributed by atoms with Gasteiger partial charge in [-0.1, -0.05) is 46.3 Å². The zero-order valence-electron chi connectivity index (χ0n) is 11.6. The Bertz CT molecular complexity index is 624. The number of benzene rings is 2. The molecule has 2 nitrogen and oxygen atoms in total. The fraction of sp³-hybridized carbons (Fsp3) is 0.294. The van der Waals surface area contributed by atoms with Crippen molar-refractivity contribution in [3.63, 3.8) is 0 Å². The summed E-state index contributed by atoms with van der Waals surface area (Å²) in [6, 6.07) is 15.4. The molecular formula is C17H19BrN2. The van der Waals surface area contributed by atoms with Crippen LogP contribution in [0.2, 0.25) is 0 Å². The van der Waals surface area contributed by atoms with Crippen LogP contribution in [0.15, 0.2) is 46.9 Å². The predicted molar refractivity (Wildman–Crippen MR) is 88.2 cm³/mol. The van der Waals surface area contributed by atoms with Gasteiger partial charge in [0.15, 0.2) is 0 Å². The second kappa shape index (κ2) is 5.58. The first-order valence-electron chi connectivity index (χ1n) is 7.01. The van der Waals surface area contributed by atoms with Gasteiger partial charge in [0.1, 0.15) is 0 Å². The van der Waals surface area contributed by atoms with Crippen molar-refractivity contribution < 1.29 is 0 Å². The molecule has 20 heavy (non-hydrogen) atoms. The van der Waals surface area contributed by atoms with Crippen LogP contribution in [0.3, 0.4) is 0 Å². The van der Waals surface area contributed by atoms with E-state index in [4.69, 9.17) is 5.73 Å². The largest absolute Gasteiger partial charge is 0.363 e. The SMILES string of the molecule is Cc1ccc(C(CN)N2CCc3ccccc32)cc1Br. The minimum Gasteiger partial charge on any atom is -0.363 e. The van der Waals surface area contributed by atoms with E-state index < -0.39 is 0 Å². The molecule has 3 rings (SSSR count). The van der Waals surface area contributed by atoms with Crippen LogP contribution in [0.4, 0.5) is 5.69 Å². The number of hydrogen-bond acceptors (Lipinski definition) is 2. The first-order chi connectivity index (χ1) is 9.70. The van der Waals surface area contributed by atoms with E-state index in [0.717, 1.165) is 17.4 Å². The summed E-state index contributed by atoms with van der Waals surface area (Å²) in [7, 11) is 0. The lowest BCUT2D eigenvalue weighted by atomic mass is 10.0. The Morgan fingerprint density at radius 1 is 1.25 bits per heavy atom. The van der Waals surface area contributed by atoms with Gasteiger partial charge in [-0.25, -0.2) is 0 Å². The molecule has 0 aromatic heterocycles. The molecule has 2 N–H and O–H groups in total. The average Bonchev–Trinajstić information content (AvgIpc) is 2.88. The molecule has 1 aliphatic rings. The van der Waals surface area contributed by atoms with Crippen molar-refractivity contribution in [2.75, 3.05) is 18.0 Å². The van der Waals surface area contributed by atoms with Crippen molar-refractivity contribution in [2.24, 2.45) is 5.73 Å². The molecule has 0 saturated heterocycles. The minimum atomic E-state index is 0.246. The quantitative estimate of drug-likeness (QED) is 0.926. The van der Waals surface area contributed by atoms with Crippen molar-refractivity contribution in [1.29, 1.82) is 0 Å². The van der Waals surface area contributed by atoms with Gasteiger partial charge >= 0.3 is 0 Å². The van der Waals surface area contributed by atoms with Crippen LogP contribution in [-0.4, -0.2) is 13.1 Å². The molecule has 0 saturated carbocycles. The Balaban J connectivity index is 1.97. The highest BCUT2D eigenvalue weighted by Crippen LogP contribution is 2.35. The smallest absolute Gasteiger partial charge is 0.0665 e. The van der Waals surface area contributed by atoms with Crippen LogP contribution in [0.25, 0.3) is 0 Å². The number of nitrogens with two attached hydrogens (primary N) is 1. The first-order valence-corrected chi connectivity index (χ1v) is 7.80. The summed E-state index contributed by atoms with van der Waals surface area (Å²) in [4.78, 5) is 2.44. The third kappa shape index (κ3) is 2.36. The highest BCUT2D eigenvalue weighted by atomic mass is 79.9. The second-order valence-electron chi connectivity index (χ2n) is 5.33. The van der Waals surface area contributed by atoms with Crippen LogP contribution in [-0.2, 0) is 6.42 Å². The van der Waals surface area contributed by atoms with Crippen LogP contribution in [0.5, 0.6) is 0 Å². The monoisotopic (exact) mass is 330 g/mol. The number of rotatable bonds is 3. The molecule has 1 heterocycles. The number of nitrogens with zero attached hydrogens (tertiary/aromatic N) is 1. The maximum Gasteiger partial charge on any atom is 0.0665 e.